The molecule has 7 heteroatoms. The van der Waals surface area contributed by atoms with E-state index in [1.54, 1.807) is 6.07 Å². The fraction of sp³-hybridized carbons (Fsp3) is 0.143. The Morgan fingerprint density at radius 3 is 2.62 bits per heavy atom. The van der Waals surface area contributed by atoms with Crippen LogP contribution in [0.1, 0.15) is 5.69 Å². The Kier molecular flexibility index (Phi) is 4.08. The first-order chi connectivity index (χ1) is 9.89. The van der Waals surface area contributed by atoms with Crippen LogP contribution in [0.15, 0.2) is 36.4 Å². The smallest absolute Gasteiger partial charge is 0.406 e. The predicted octanol–water partition coefficient (Wildman–Crippen LogP) is 3.85. The van der Waals surface area contributed by atoms with Gasteiger partial charge in [-0.3, -0.25) is 0 Å². The molecule has 0 bridgehead atoms. The second-order valence-corrected chi connectivity index (χ2v) is 4.04. The van der Waals surface area contributed by atoms with Crippen molar-refractivity contribution in [1.82, 2.24) is 4.98 Å². The van der Waals surface area contributed by atoms with Crippen molar-refractivity contribution in [2.45, 2.75) is 12.8 Å². The van der Waals surface area contributed by atoms with Crippen molar-refractivity contribution in [2.75, 3.05) is 0 Å². The molecule has 1 aromatic carbocycles. The van der Waals surface area contributed by atoms with E-state index in [9.17, 15) is 17.6 Å². The Hall–Kier alpha value is -2.62. The van der Waals surface area contributed by atoms with E-state index in [4.69, 9.17) is 5.26 Å². The summed E-state index contributed by atoms with van der Waals surface area (Å²) in [6.07, 6.45) is -5.01. The highest BCUT2D eigenvalue weighted by Gasteiger charge is 2.31. The third-order valence-corrected chi connectivity index (χ3v) is 2.53. The standard InChI is InChI=1S/C14H8F4N2O/c15-11-4-5-12(20-13(11)6-7-19)9-2-1-3-10(8-9)21-14(16,17)18/h1-5,8H,6H2. The molecule has 0 aliphatic rings. The number of nitriles is 1. The summed E-state index contributed by atoms with van der Waals surface area (Å²) in [6, 6.07) is 9.38. The van der Waals surface area contributed by atoms with E-state index in [1.165, 1.54) is 18.2 Å². The summed E-state index contributed by atoms with van der Waals surface area (Å²) in [7, 11) is 0. The molecule has 2 aromatic rings. The molecule has 0 fully saturated rings. The van der Waals surface area contributed by atoms with Gasteiger partial charge in [0.15, 0.2) is 0 Å². The monoisotopic (exact) mass is 296 g/mol. The van der Waals surface area contributed by atoms with Crippen LogP contribution in [0.4, 0.5) is 17.6 Å². The third-order valence-electron chi connectivity index (χ3n) is 2.53. The molecule has 0 N–H and O–H groups in total. The first-order valence-corrected chi connectivity index (χ1v) is 5.77. The van der Waals surface area contributed by atoms with E-state index in [-0.39, 0.29) is 17.8 Å². The van der Waals surface area contributed by atoms with Crippen molar-refractivity contribution in [1.29, 1.82) is 5.26 Å². The molecular weight excluding hydrogens is 288 g/mol. The fourth-order valence-corrected chi connectivity index (χ4v) is 1.70. The highest BCUT2D eigenvalue weighted by atomic mass is 19.4. The molecule has 0 atom stereocenters. The van der Waals surface area contributed by atoms with Crippen molar-refractivity contribution < 1.29 is 22.3 Å². The van der Waals surface area contributed by atoms with Gasteiger partial charge < -0.3 is 4.74 Å². The molecule has 0 unspecified atom stereocenters. The minimum atomic E-state index is -4.79. The number of ether oxygens (including phenoxy) is 1. The lowest BCUT2D eigenvalue weighted by molar-refractivity contribution is -0.274. The first-order valence-electron chi connectivity index (χ1n) is 5.77. The lowest BCUT2D eigenvalue weighted by Crippen LogP contribution is -2.17. The van der Waals surface area contributed by atoms with Crippen LogP contribution >= 0.6 is 0 Å². The van der Waals surface area contributed by atoms with Crippen LogP contribution in [0.2, 0.25) is 0 Å². The Bertz CT molecular complexity index is 692. The Morgan fingerprint density at radius 1 is 1.19 bits per heavy atom. The molecule has 0 radical (unpaired) electrons. The highest BCUT2D eigenvalue weighted by molar-refractivity contribution is 5.61. The number of alkyl halides is 3. The number of benzene rings is 1. The van der Waals surface area contributed by atoms with Crippen molar-refractivity contribution in [3.05, 3.63) is 47.9 Å². The fourth-order valence-electron chi connectivity index (χ4n) is 1.70. The zero-order valence-corrected chi connectivity index (χ0v) is 10.5. The molecule has 21 heavy (non-hydrogen) atoms. The normalized spacial score (nSPS) is 11.0. The van der Waals surface area contributed by atoms with Gasteiger partial charge in [0.1, 0.15) is 11.6 Å². The number of hydrogen-bond acceptors (Lipinski definition) is 3. The molecule has 108 valence electrons. The van der Waals surface area contributed by atoms with Gasteiger partial charge in [-0.1, -0.05) is 12.1 Å². The lowest BCUT2D eigenvalue weighted by atomic mass is 10.1. The number of pyridine rings is 1. The maximum absolute atomic E-state index is 13.4. The third kappa shape index (κ3) is 3.92. The van der Waals surface area contributed by atoms with E-state index in [2.05, 4.69) is 9.72 Å². The van der Waals surface area contributed by atoms with Crippen LogP contribution in [0.3, 0.4) is 0 Å². The predicted molar refractivity (Wildman–Crippen MR) is 65.6 cm³/mol. The minimum absolute atomic E-state index is 0.0582. The number of hydrogen-bond donors (Lipinski definition) is 0. The number of rotatable bonds is 3. The molecule has 1 aromatic heterocycles. The van der Waals surface area contributed by atoms with Gasteiger partial charge in [0, 0.05) is 5.56 Å². The van der Waals surface area contributed by atoms with Crippen molar-refractivity contribution >= 4 is 0 Å². The van der Waals surface area contributed by atoms with Gasteiger partial charge in [0.2, 0.25) is 0 Å². The van der Waals surface area contributed by atoms with Crippen molar-refractivity contribution in [3.8, 4) is 23.1 Å². The molecule has 1 heterocycles. The molecule has 0 aliphatic carbocycles. The van der Waals surface area contributed by atoms with Crippen molar-refractivity contribution in [3.63, 3.8) is 0 Å². The van der Waals surface area contributed by atoms with Gasteiger partial charge in [-0.25, -0.2) is 9.37 Å². The van der Waals surface area contributed by atoms with E-state index >= 15 is 0 Å². The Balaban J connectivity index is 2.36. The summed E-state index contributed by atoms with van der Waals surface area (Å²) >= 11 is 0. The second kappa shape index (κ2) is 5.79. The molecule has 2 rings (SSSR count). The van der Waals surface area contributed by atoms with Crippen LogP contribution < -0.4 is 4.74 Å². The Labute approximate surface area is 117 Å². The van der Waals surface area contributed by atoms with Gasteiger partial charge in [-0.15, -0.1) is 13.2 Å². The number of halogens is 4. The second-order valence-electron chi connectivity index (χ2n) is 4.04. The van der Waals surface area contributed by atoms with Crippen LogP contribution in [0.25, 0.3) is 11.3 Å². The van der Waals surface area contributed by atoms with Gasteiger partial charge in [0.25, 0.3) is 0 Å². The van der Waals surface area contributed by atoms with Gasteiger partial charge >= 0.3 is 6.36 Å². The average Bonchev–Trinajstić information content (AvgIpc) is 2.40. The lowest BCUT2D eigenvalue weighted by Gasteiger charge is -2.10. The quantitative estimate of drug-likeness (QED) is 0.808. The maximum Gasteiger partial charge on any atom is 0.573 e. The van der Waals surface area contributed by atoms with Crippen LogP contribution in [-0.2, 0) is 6.42 Å². The molecule has 0 spiro atoms. The van der Waals surface area contributed by atoms with Crippen LogP contribution in [0.5, 0.6) is 5.75 Å². The summed E-state index contributed by atoms with van der Waals surface area (Å²) in [4.78, 5) is 3.94. The van der Waals surface area contributed by atoms with E-state index in [1.807, 2.05) is 0 Å². The van der Waals surface area contributed by atoms with Crippen molar-refractivity contribution in [2.24, 2.45) is 0 Å². The summed E-state index contributed by atoms with van der Waals surface area (Å²) in [5.74, 6) is -1.03. The highest BCUT2D eigenvalue weighted by Crippen LogP contribution is 2.27. The molecule has 0 amide bonds. The van der Waals surface area contributed by atoms with E-state index < -0.39 is 17.9 Å². The largest absolute Gasteiger partial charge is 0.573 e. The minimum Gasteiger partial charge on any atom is -0.406 e. The van der Waals surface area contributed by atoms with Gasteiger partial charge in [-0.05, 0) is 24.3 Å². The average molecular weight is 296 g/mol. The summed E-state index contributed by atoms with van der Waals surface area (Å²) < 4.78 is 53.7. The number of nitrogens with zero attached hydrogens (tertiary/aromatic N) is 2. The Morgan fingerprint density at radius 2 is 1.95 bits per heavy atom. The molecule has 0 aliphatic heterocycles. The molecule has 3 nitrogen and oxygen atoms in total. The zero-order valence-electron chi connectivity index (χ0n) is 10.5. The molecule has 0 saturated heterocycles. The molecular formula is C14H8F4N2O. The SMILES string of the molecule is N#CCc1nc(-c2cccc(OC(F)(F)F)c2)ccc1F. The summed E-state index contributed by atoms with van der Waals surface area (Å²) in [5, 5.41) is 8.58. The van der Waals surface area contributed by atoms with Crippen LogP contribution in [-0.4, -0.2) is 11.3 Å². The summed E-state index contributed by atoms with van der Waals surface area (Å²) in [6.45, 7) is 0. The number of aromatic nitrogens is 1. The first kappa shape index (κ1) is 14.8. The zero-order chi connectivity index (χ0) is 15.5. The molecule has 0 saturated carbocycles. The summed E-state index contributed by atoms with van der Waals surface area (Å²) in [5.41, 5.74) is 0.530. The van der Waals surface area contributed by atoms with Gasteiger partial charge in [-0.2, -0.15) is 5.26 Å². The maximum atomic E-state index is 13.4. The van der Waals surface area contributed by atoms with Crippen LogP contribution in [0, 0.1) is 17.1 Å². The van der Waals surface area contributed by atoms with E-state index in [0.717, 1.165) is 18.2 Å². The van der Waals surface area contributed by atoms with Gasteiger partial charge in [0.05, 0.1) is 23.9 Å². The van der Waals surface area contributed by atoms with E-state index in [0.29, 0.717) is 5.56 Å². The topological polar surface area (TPSA) is 45.9 Å².